The summed E-state index contributed by atoms with van der Waals surface area (Å²) >= 11 is 1.20. The van der Waals surface area contributed by atoms with Crippen LogP contribution in [0.3, 0.4) is 0 Å². The number of Topliss-reactive ketones (excluding diaryl/α,β-unsaturated/α-hetero) is 1. The molecule has 2 heterocycles. The van der Waals surface area contributed by atoms with Crippen LogP contribution in [-0.2, 0) is 9.59 Å². The number of benzene rings is 2. The van der Waals surface area contributed by atoms with E-state index in [0.29, 0.717) is 39.3 Å². The summed E-state index contributed by atoms with van der Waals surface area (Å²) in [5.74, 6) is -0.469. The molecule has 1 unspecified atom stereocenters. The maximum absolute atomic E-state index is 13.2. The number of rotatable bonds is 7. The predicted molar refractivity (Wildman–Crippen MR) is 126 cm³/mol. The van der Waals surface area contributed by atoms with Gasteiger partial charge in [-0.2, -0.15) is 0 Å². The molecule has 9 nitrogen and oxygen atoms in total. The van der Waals surface area contributed by atoms with E-state index in [1.54, 1.807) is 41.8 Å². The minimum absolute atomic E-state index is 0.0947. The van der Waals surface area contributed by atoms with Crippen LogP contribution in [0.5, 0.6) is 23.0 Å². The first-order valence-corrected chi connectivity index (χ1v) is 11.0. The summed E-state index contributed by atoms with van der Waals surface area (Å²) in [6.07, 6.45) is 1.54. The van der Waals surface area contributed by atoms with E-state index in [1.807, 2.05) is 0 Å². The highest BCUT2D eigenvalue weighted by Crippen LogP contribution is 2.47. The molecule has 0 radical (unpaired) electrons. The Kier molecular flexibility index (Phi) is 6.42. The van der Waals surface area contributed by atoms with Crippen LogP contribution in [0.25, 0.3) is 5.76 Å². The molecule has 0 bridgehead atoms. The lowest BCUT2D eigenvalue weighted by Gasteiger charge is -2.24. The summed E-state index contributed by atoms with van der Waals surface area (Å²) in [5, 5.41) is 13.3. The number of methoxy groups -OCH3 is 4. The molecule has 34 heavy (non-hydrogen) atoms. The van der Waals surface area contributed by atoms with Gasteiger partial charge in [-0.3, -0.25) is 14.5 Å². The van der Waals surface area contributed by atoms with Gasteiger partial charge in [0.1, 0.15) is 11.5 Å². The monoisotopic (exact) mass is 482 g/mol. The van der Waals surface area contributed by atoms with Gasteiger partial charge in [-0.1, -0.05) is 12.1 Å². The van der Waals surface area contributed by atoms with Crippen molar-refractivity contribution in [3.63, 3.8) is 0 Å². The number of carbonyl (C=O) groups is 2. The number of nitrogens with zero attached hydrogens (tertiary/aromatic N) is 2. The van der Waals surface area contributed by atoms with E-state index in [9.17, 15) is 14.7 Å². The number of ketones is 1. The molecule has 0 aliphatic carbocycles. The van der Waals surface area contributed by atoms with Crippen LogP contribution < -0.4 is 23.8 Å². The Labute approximate surface area is 199 Å². The van der Waals surface area contributed by atoms with Gasteiger partial charge in [0.05, 0.1) is 40.1 Å². The van der Waals surface area contributed by atoms with Crippen LogP contribution in [0.15, 0.2) is 53.5 Å². The number of thiazole rings is 1. The molecule has 4 rings (SSSR count). The lowest BCUT2D eigenvalue weighted by atomic mass is 9.94. The molecule has 1 atom stereocenters. The van der Waals surface area contributed by atoms with Crippen LogP contribution >= 0.6 is 11.3 Å². The average molecular weight is 483 g/mol. The molecular formula is C24H22N2O7S. The highest BCUT2D eigenvalue weighted by atomic mass is 32.1. The van der Waals surface area contributed by atoms with Crippen molar-refractivity contribution in [2.45, 2.75) is 6.04 Å². The summed E-state index contributed by atoms with van der Waals surface area (Å²) in [6, 6.07) is 8.88. The Bertz CT molecular complexity index is 1250. The van der Waals surface area contributed by atoms with Crippen LogP contribution in [0.1, 0.15) is 17.2 Å². The quantitative estimate of drug-likeness (QED) is 0.308. The maximum Gasteiger partial charge on any atom is 0.301 e. The molecule has 1 aromatic heterocycles. The van der Waals surface area contributed by atoms with Gasteiger partial charge < -0.3 is 24.1 Å². The van der Waals surface area contributed by atoms with E-state index >= 15 is 0 Å². The molecule has 1 fully saturated rings. The first-order chi connectivity index (χ1) is 16.4. The van der Waals surface area contributed by atoms with Gasteiger partial charge in [0.2, 0.25) is 5.75 Å². The Hall–Kier alpha value is -4.05. The zero-order valence-corrected chi connectivity index (χ0v) is 19.7. The number of carbonyl (C=O) groups excluding carboxylic acids is 2. The summed E-state index contributed by atoms with van der Waals surface area (Å²) in [5.41, 5.74) is 0.699. The van der Waals surface area contributed by atoms with Gasteiger partial charge in [-0.05, 0) is 29.8 Å². The fraction of sp³-hybridized carbons (Fsp3) is 0.208. The molecule has 1 aliphatic heterocycles. The SMILES string of the molecule is COc1cccc(/C(O)=C2\C(=O)C(=O)N(c3nccs3)C2c2cc(OC)c(OC)c(OC)c2)c1. The maximum atomic E-state index is 13.2. The van der Waals surface area contributed by atoms with Gasteiger partial charge in [-0.25, -0.2) is 4.98 Å². The van der Waals surface area contributed by atoms with Crippen molar-refractivity contribution in [1.29, 1.82) is 0 Å². The van der Waals surface area contributed by atoms with Crippen molar-refractivity contribution in [3.05, 3.63) is 64.7 Å². The number of hydrogen-bond acceptors (Lipinski definition) is 9. The molecule has 1 aliphatic rings. The lowest BCUT2D eigenvalue weighted by molar-refractivity contribution is -0.132. The van der Waals surface area contributed by atoms with Crippen molar-refractivity contribution in [2.75, 3.05) is 33.3 Å². The second-order valence-electron chi connectivity index (χ2n) is 7.17. The Morgan fingerprint density at radius 2 is 1.71 bits per heavy atom. The summed E-state index contributed by atoms with van der Waals surface area (Å²) in [4.78, 5) is 31.9. The average Bonchev–Trinajstić information content (AvgIpc) is 3.49. The molecule has 1 saturated heterocycles. The third-order valence-electron chi connectivity index (χ3n) is 5.42. The molecule has 0 spiro atoms. The molecule has 2 aromatic carbocycles. The normalized spacial score (nSPS) is 17.1. The Balaban J connectivity index is 2.00. The van der Waals surface area contributed by atoms with Crippen LogP contribution in [0.4, 0.5) is 5.13 Å². The van der Waals surface area contributed by atoms with Crippen LogP contribution in [0.2, 0.25) is 0 Å². The first-order valence-electron chi connectivity index (χ1n) is 10.1. The zero-order chi connectivity index (χ0) is 24.4. The smallest absolute Gasteiger partial charge is 0.301 e. The number of aromatic nitrogens is 1. The van der Waals surface area contributed by atoms with Crippen LogP contribution in [0, 0.1) is 0 Å². The number of amides is 1. The van der Waals surface area contributed by atoms with Crippen molar-refractivity contribution in [3.8, 4) is 23.0 Å². The van der Waals surface area contributed by atoms with E-state index in [0.717, 1.165) is 0 Å². The summed E-state index contributed by atoms with van der Waals surface area (Å²) in [6.45, 7) is 0. The van der Waals surface area contributed by atoms with Gasteiger partial charge in [0, 0.05) is 17.1 Å². The van der Waals surface area contributed by atoms with Gasteiger partial charge in [-0.15, -0.1) is 11.3 Å². The van der Waals surface area contributed by atoms with E-state index in [-0.39, 0.29) is 11.3 Å². The first kappa shape index (κ1) is 23.1. The molecular weight excluding hydrogens is 460 g/mol. The van der Waals surface area contributed by atoms with E-state index in [2.05, 4.69) is 4.98 Å². The number of ether oxygens (including phenoxy) is 4. The number of aliphatic hydroxyl groups excluding tert-OH is 1. The highest BCUT2D eigenvalue weighted by molar-refractivity contribution is 7.14. The molecule has 1 N–H and O–H groups in total. The van der Waals surface area contributed by atoms with Crippen molar-refractivity contribution in [2.24, 2.45) is 0 Å². The number of aliphatic hydroxyl groups is 1. The minimum Gasteiger partial charge on any atom is -0.507 e. The van der Waals surface area contributed by atoms with E-state index in [1.165, 1.54) is 50.9 Å². The molecule has 176 valence electrons. The van der Waals surface area contributed by atoms with Gasteiger partial charge >= 0.3 is 5.91 Å². The number of anilines is 1. The Morgan fingerprint density at radius 1 is 1.00 bits per heavy atom. The molecule has 0 saturated carbocycles. The zero-order valence-electron chi connectivity index (χ0n) is 18.9. The van der Waals surface area contributed by atoms with Crippen molar-refractivity contribution < 1.29 is 33.6 Å². The predicted octanol–water partition coefficient (Wildman–Crippen LogP) is 3.80. The van der Waals surface area contributed by atoms with E-state index < -0.39 is 17.7 Å². The fourth-order valence-electron chi connectivity index (χ4n) is 3.87. The topological polar surface area (TPSA) is 107 Å². The van der Waals surface area contributed by atoms with E-state index in [4.69, 9.17) is 18.9 Å². The summed E-state index contributed by atoms with van der Waals surface area (Å²) < 4.78 is 21.6. The fourth-order valence-corrected chi connectivity index (χ4v) is 4.53. The standard InChI is InChI=1S/C24H22N2O7S/c1-30-15-7-5-6-13(10-15)20(27)18-19(26(23(29)21(18)28)24-25-8-9-34-24)14-11-16(31-2)22(33-4)17(12-14)32-3/h5-12,19,27H,1-4H3/b20-18+. The number of hydrogen-bond donors (Lipinski definition) is 1. The largest absolute Gasteiger partial charge is 0.507 e. The second kappa shape index (κ2) is 9.44. The third kappa shape index (κ3) is 3.81. The molecule has 3 aromatic rings. The van der Waals surface area contributed by atoms with Crippen LogP contribution in [-0.4, -0.2) is 50.2 Å². The summed E-state index contributed by atoms with van der Waals surface area (Å²) in [7, 11) is 5.91. The van der Waals surface area contributed by atoms with Gasteiger partial charge in [0.25, 0.3) is 5.78 Å². The minimum atomic E-state index is -0.994. The lowest BCUT2D eigenvalue weighted by Crippen LogP contribution is -2.29. The third-order valence-corrected chi connectivity index (χ3v) is 6.19. The van der Waals surface area contributed by atoms with Crippen molar-refractivity contribution in [1.82, 2.24) is 4.98 Å². The molecule has 1 amide bonds. The van der Waals surface area contributed by atoms with Gasteiger partial charge in [0.15, 0.2) is 16.6 Å². The highest BCUT2D eigenvalue weighted by Gasteiger charge is 2.48. The molecule has 10 heteroatoms. The second-order valence-corrected chi connectivity index (χ2v) is 8.05. The van der Waals surface area contributed by atoms with Crippen molar-refractivity contribution >= 4 is 33.9 Å². The Morgan fingerprint density at radius 3 is 2.26 bits per heavy atom.